The van der Waals surface area contributed by atoms with E-state index in [1.165, 1.54) is 0 Å². The molecule has 0 radical (unpaired) electrons. The van der Waals surface area contributed by atoms with Gasteiger partial charge in [-0.3, -0.25) is 9.59 Å². The highest BCUT2D eigenvalue weighted by atomic mass is 16.5. The number of carbonyl (C=O) groups is 2. The molecule has 1 N–H and O–H groups in total. The average Bonchev–Trinajstić information content (AvgIpc) is 3.58. The number of rotatable bonds is 15. The van der Waals surface area contributed by atoms with Crippen molar-refractivity contribution in [3.8, 4) is 39.7 Å². The van der Waals surface area contributed by atoms with Gasteiger partial charge in [0, 0.05) is 16.7 Å². The first-order chi connectivity index (χ1) is 23.3. The minimum atomic E-state index is -0.875. The number of esters is 2. The summed E-state index contributed by atoms with van der Waals surface area (Å²) in [7, 11) is 0. The normalized spacial score (nSPS) is 13.7. The van der Waals surface area contributed by atoms with Gasteiger partial charge >= 0.3 is 11.9 Å². The summed E-state index contributed by atoms with van der Waals surface area (Å²) >= 11 is 0. The van der Waals surface area contributed by atoms with Gasteiger partial charge in [-0.05, 0) is 68.4 Å². The van der Waals surface area contributed by atoms with Crippen molar-refractivity contribution in [1.29, 1.82) is 0 Å². The van der Waals surface area contributed by atoms with Crippen LogP contribution in [0.2, 0.25) is 0 Å². The van der Waals surface area contributed by atoms with E-state index in [0.29, 0.717) is 31.6 Å². The second kappa shape index (κ2) is 16.2. The Balaban J connectivity index is 1.33. The van der Waals surface area contributed by atoms with Gasteiger partial charge in [0.05, 0.1) is 29.3 Å². The predicted molar refractivity (Wildman–Crippen MR) is 192 cm³/mol. The first-order valence-corrected chi connectivity index (χ1v) is 17.1. The molecule has 5 rings (SSSR count). The van der Waals surface area contributed by atoms with E-state index in [-0.39, 0.29) is 17.9 Å². The third-order valence-electron chi connectivity index (χ3n) is 9.20. The molecule has 6 heteroatoms. The van der Waals surface area contributed by atoms with Gasteiger partial charge in [-0.1, -0.05) is 118 Å². The molecule has 0 amide bonds. The third-order valence-corrected chi connectivity index (χ3v) is 9.20. The Labute approximate surface area is 284 Å². The van der Waals surface area contributed by atoms with Crippen molar-refractivity contribution < 1.29 is 19.1 Å². The van der Waals surface area contributed by atoms with E-state index >= 15 is 0 Å². The van der Waals surface area contributed by atoms with Crippen molar-refractivity contribution in [1.82, 2.24) is 9.97 Å². The van der Waals surface area contributed by atoms with E-state index in [1.807, 2.05) is 80.6 Å². The van der Waals surface area contributed by atoms with Crippen molar-refractivity contribution in [2.45, 2.75) is 65.7 Å². The summed E-state index contributed by atoms with van der Waals surface area (Å²) in [5, 5.41) is 0. The van der Waals surface area contributed by atoms with E-state index in [2.05, 4.69) is 55.2 Å². The fourth-order valence-corrected chi connectivity index (χ4v) is 6.00. The van der Waals surface area contributed by atoms with Gasteiger partial charge in [0.2, 0.25) is 0 Å². The number of aromatic amines is 1. The molecule has 1 aromatic heterocycles. The lowest BCUT2D eigenvalue weighted by molar-refractivity contribution is -0.153. The Kier molecular flexibility index (Phi) is 11.6. The lowest BCUT2D eigenvalue weighted by atomic mass is 9.75. The summed E-state index contributed by atoms with van der Waals surface area (Å²) in [5.41, 5.74) is 5.04. The predicted octanol–water partition coefficient (Wildman–Crippen LogP) is 10.3. The molecule has 6 nitrogen and oxygen atoms in total. The highest BCUT2D eigenvalue weighted by molar-refractivity contribution is 5.82. The maximum atomic E-state index is 13.8. The largest absolute Gasteiger partial charge is 0.465 e. The Morgan fingerprint density at radius 3 is 2.00 bits per heavy atom. The molecule has 0 aliphatic rings. The van der Waals surface area contributed by atoms with Crippen LogP contribution in [0.25, 0.3) is 33.9 Å². The minimum absolute atomic E-state index is 0.131. The van der Waals surface area contributed by atoms with Gasteiger partial charge < -0.3 is 14.5 Å². The number of H-pyrrole nitrogens is 1. The molecule has 0 aliphatic heterocycles. The molecule has 248 valence electrons. The van der Waals surface area contributed by atoms with Gasteiger partial charge in [-0.25, -0.2) is 4.98 Å². The third kappa shape index (κ3) is 8.48. The summed E-state index contributed by atoms with van der Waals surface area (Å²) in [6, 6.07) is 37.8. The zero-order chi connectivity index (χ0) is 33.9. The van der Waals surface area contributed by atoms with Crippen molar-refractivity contribution >= 4 is 11.9 Å². The quantitative estimate of drug-likeness (QED) is 0.0698. The van der Waals surface area contributed by atoms with Crippen LogP contribution in [0.3, 0.4) is 0 Å². The van der Waals surface area contributed by atoms with Crippen LogP contribution >= 0.6 is 0 Å². The Morgan fingerprint density at radius 2 is 1.40 bits per heavy atom. The molecule has 4 aromatic carbocycles. The molecule has 3 unspecified atom stereocenters. The molecule has 0 aliphatic carbocycles. The zero-order valence-corrected chi connectivity index (χ0v) is 28.4. The highest BCUT2D eigenvalue weighted by Crippen LogP contribution is 2.38. The number of imidazole rings is 1. The second-order valence-electron chi connectivity index (χ2n) is 12.8. The molecule has 5 aromatic rings. The number of carbonyl (C=O) groups excluding carboxylic acids is 2. The molecular formula is C42H46N2O4. The number of benzene rings is 4. The number of nitrogens with one attached hydrogen (secondary N) is 1. The molecule has 3 atom stereocenters. The summed E-state index contributed by atoms with van der Waals surface area (Å²) < 4.78 is 11.7. The summed E-state index contributed by atoms with van der Waals surface area (Å²) in [5.74, 6) is 0.264. The van der Waals surface area contributed by atoms with Crippen LogP contribution in [-0.2, 0) is 14.3 Å². The smallest absolute Gasteiger partial charge is 0.317 e. The standard InChI is InChI=1S/C42H46N2O4/c1-5-7-27-47-40(45)35(28-30(3)31-17-11-8-12-18-31)29-42(4,6-2)41(46)48-36-25-23-34(24-26-36)39-43-37(32-19-13-9-14-20-32)38(44-39)33-21-15-10-16-22-33/h8-26,30,35H,5-7,27-29H2,1-4H3,(H,43,44). The van der Waals surface area contributed by atoms with Crippen molar-refractivity contribution in [2.75, 3.05) is 6.61 Å². The molecule has 0 saturated carbocycles. The van der Waals surface area contributed by atoms with Crippen molar-refractivity contribution in [3.63, 3.8) is 0 Å². The first-order valence-electron chi connectivity index (χ1n) is 17.1. The van der Waals surface area contributed by atoms with Crippen LogP contribution in [0.4, 0.5) is 0 Å². The van der Waals surface area contributed by atoms with Crippen LogP contribution in [0, 0.1) is 11.3 Å². The fourth-order valence-electron chi connectivity index (χ4n) is 6.00. The molecular weight excluding hydrogens is 596 g/mol. The van der Waals surface area contributed by atoms with Gasteiger partial charge in [0.1, 0.15) is 11.6 Å². The zero-order valence-electron chi connectivity index (χ0n) is 28.4. The lowest BCUT2D eigenvalue weighted by Crippen LogP contribution is -2.36. The van der Waals surface area contributed by atoms with E-state index < -0.39 is 11.3 Å². The number of hydrogen-bond donors (Lipinski definition) is 1. The number of nitrogens with zero attached hydrogens (tertiary/aromatic N) is 1. The monoisotopic (exact) mass is 642 g/mol. The number of ether oxygens (including phenoxy) is 2. The summed E-state index contributed by atoms with van der Waals surface area (Å²) in [6.07, 6.45) is 3.22. The molecule has 0 spiro atoms. The van der Waals surface area contributed by atoms with E-state index in [0.717, 1.165) is 52.3 Å². The Bertz CT molecular complexity index is 1690. The average molecular weight is 643 g/mol. The van der Waals surface area contributed by atoms with Crippen LogP contribution in [0.1, 0.15) is 71.3 Å². The molecule has 1 heterocycles. The van der Waals surface area contributed by atoms with Crippen molar-refractivity contribution in [3.05, 3.63) is 121 Å². The lowest BCUT2D eigenvalue weighted by Gasteiger charge is -2.30. The molecule has 0 saturated heterocycles. The second-order valence-corrected chi connectivity index (χ2v) is 12.8. The van der Waals surface area contributed by atoms with E-state index in [4.69, 9.17) is 14.5 Å². The van der Waals surface area contributed by atoms with Crippen LogP contribution < -0.4 is 4.74 Å². The molecule has 0 bridgehead atoms. The minimum Gasteiger partial charge on any atom is -0.465 e. The van der Waals surface area contributed by atoms with Crippen LogP contribution in [-0.4, -0.2) is 28.5 Å². The maximum absolute atomic E-state index is 13.8. The molecule has 48 heavy (non-hydrogen) atoms. The highest BCUT2D eigenvalue weighted by Gasteiger charge is 2.39. The Morgan fingerprint density at radius 1 is 0.792 bits per heavy atom. The number of hydrogen-bond acceptors (Lipinski definition) is 5. The van der Waals surface area contributed by atoms with Gasteiger partial charge in [0.15, 0.2) is 0 Å². The summed E-state index contributed by atoms with van der Waals surface area (Å²) in [4.78, 5) is 35.6. The fraction of sp³-hybridized carbons (Fsp3) is 0.310. The topological polar surface area (TPSA) is 81.3 Å². The van der Waals surface area contributed by atoms with Gasteiger partial charge in [0.25, 0.3) is 0 Å². The molecule has 0 fully saturated rings. The Hall–Kier alpha value is -4.97. The number of unbranched alkanes of at least 4 members (excludes halogenated alkanes) is 1. The van der Waals surface area contributed by atoms with Gasteiger partial charge in [-0.2, -0.15) is 0 Å². The summed E-state index contributed by atoms with van der Waals surface area (Å²) in [6.45, 7) is 8.44. The maximum Gasteiger partial charge on any atom is 0.317 e. The van der Waals surface area contributed by atoms with E-state index in [1.54, 1.807) is 12.1 Å². The van der Waals surface area contributed by atoms with Gasteiger partial charge in [-0.15, -0.1) is 0 Å². The first kappa shape index (κ1) is 34.4. The van der Waals surface area contributed by atoms with Crippen molar-refractivity contribution in [2.24, 2.45) is 11.3 Å². The van der Waals surface area contributed by atoms with Crippen LogP contribution in [0.5, 0.6) is 5.75 Å². The van der Waals surface area contributed by atoms with E-state index in [9.17, 15) is 9.59 Å². The number of aromatic nitrogens is 2. The van der Waals surface area contributed by atoms with Crippen LogP contribution in [0.15, 0.2) is 115 Å². The SMILES string of the molecule is CCCCOC(=O)C(CC(C)c1ccccc1)CC(C)(CC)C(=O)Oc1ccc(-c2nc(-c3ccccc3)c(-c3ccccc3)[nH]2)cc1.